The van der Waals surface area contributed by atoms with Gasteiger partial charge in [-0.3, -0.25) is 4.98 Å². The van der Waals surface area contributed by atoms with Crippen LogP contribution in [0.1, 0.15) is 5.69 Å². The first kappa shape index (κ1) is 14.0. The van der Waals surface area contributed by atoms with Crippen molar-refractivity contribution in [3.05, 3.63) is 41.2 Å². The average molecular weight is 322 g/mol. The smallest absolute Gasteiger partial charge is 0.175 e. The van der Waals surface area contributed by atoms with Crippen molar-refractivity contribution in [3.8, 4) is 11.4 Å². The predicted octanol–water partition coefficient (Wildman–Crippen LogP) is 2.99. The van der Waals surface area contributed by atoms with Crippen LogP contribution in [-0.2, 0) is 9.84 Å². The first-order valence-electron chi connectivity index (χ1n) is 6.17. The fraction of sp³-hybridized carbons (Fsp3) is 0.143. The molecule has 7 heteroatoms. The zero-order valence-corrected chi connectivity index (χ0v) is 13.0. The number of pyridine rings is 1. The molecule has 2 aromatic heterocycles. The summed E-state index contributed by atoms with van der Waals surface area (Å²) < 4.78 is 23.2. The summed E-state index contributed by atoms with van der Waals surface area (Å²) in [5.41, 5.74) is 2.82. The average Bonchev–Trinajstić information content (AvgIpc) is 2.79. The first-order valence-corrected chi connectivity index (χ1v) is 8.44. The van der Waals surface area contributed by atoms with Gasteiger partial charge in [-0.2, -0.15) is 0 Å². The van der Waals surface area contributed by atoms with E-state index < -0.39 is 9.84 Å². The summed E-state index contributed by atoms with van der Waals surface area (Å²) in [5, 5.41) is 0.546. The van der Waals surface area contributed by atoms with E-state index in [2.05, 4.69) is 15.0 Å². The van der Waals surface area contributed by atoms with Crippen molar-refractivity contribution in [2.75, 3.05) is 6.26 Å². The van der Waals surface area contributed by atoms with Crippen molar-refractivity contribution in [2.45, 2.75) is 11.8 Å². The minimum absolute atomic E-state index is 0.248. The number of nitrogens with one attached hydrogen (secondary N) is 1. The standard InChI is InChI=1S/C14H12ClN3O2S/c1-8-5-11(15)10(7-16-8)14-17-12-4-3-9(21(2,19)20)6-13(12)18-14/h3-7H,1-2H3,(H,17,18). The lowest BCUT2D eigenvalue weighted by molar-refractivity contribution is 0.602. The second kappa shape index (κ2) is 4.82. The van der Waals surface area contributed by atoms with E-state index in [0.29, 0.717) is 27.4 Å². The molecule has 0 unspecified atom stereocenters. The SMILES string of the molecule is Cc1cc(Cl)c(-c2nc3ccc(S(C)(=O)=O)cc3[nH]2)cn1. The lowest BCUT2D eigenvalue weighted by atomic mass is 10.2. The highest BCUT2D eigenvalue weighted by Crippen LogP contribution is 2.28. The second-order valence-electron chi connectivity index (χ2n) is 4.84. The van der Waals surface area contributed by atoms with Crippen molar-refractivity contribution in [1.29, 1.82) is 0 Å². The van der Waals surface area contributed by atoms with E-state index in [1.165, 1.54) is 12.3 Å². The first-order chi connectivity index (χ1) is 9.84. The lowest BCUT2D eigenvalue weighted by Crippen LogP contribution is -1.96. The quantitative estimate of drug-likeness (QED) is 0.787. The molecule has 0 atom stereocenters. The van der Waals surface area contributed by atoms with Gasteiger partial charge in [0.1, 0.15) is 5.82 Å². The minimum atomic E-state index is -3.25. The summed E-state index contributed by atoms with van der Waals surface area (Å²) in [7, 11) is -3.25. The van der Waals surface area contributed by atoms with Crippen molar-refractivity contribution >= 4 is 32.5 Å². The molecular formula is C14H12ClN3O2S. The Kier molecular flexibility index (Phi) is 3.22. The molecule has 0 radical (unpaired) electrons. The number of benzene rings is 1. The second-order valence-corrected chi connectivity index (χ2v) is 7.26. The Hall–Kier alpha value is -1.92. The van der Waals surface area contributed by atoms with Crippen LogP contribution in [0.15, 0.2) is 35.4 Å². The number of imidazole rings is 1. The number of aromatic nitrogens is 3. The van der Waals surface area contributed by atoms with E-state index in [-0.39, 0.29) is 4.90 Å². The highest BCUT2D eigenvalue weighted by molar-refractivity contribution is 7.90. The molecule has 21 heavy (non-hydrogen) atoms. The van der Waals surface area contributed by atoms with E-state index in [1.54, 1.807) is 24.4 Å². The summed E-state index contributed by atoms with van der Waals surface area (Å²) in [6, 6.07) is 6.53. The van der Waals surface area contributed by atoms with Crippen LogP contribution in [0, 0.1) is 6.92 Å². The monoisotopic (exact) mass is 321 g/mol. The minimum Gasteiger partial charge on any atom is -0.338 e. The Morgan fingerprint density at radius 2 is 2.00 bits per heavy atom. The molecule has 3 rings (SSSR count). The molecule has 5 nitrogen and oxygen atoms in total. The zero-order chi connectivity index (χ0) is 15.2. The molecule has 108 valence electrons. The Morgan fingerprint density at radius 1 is 1.24 bits per heavy atom. The van der Waals surface area contributed by atoms with Crippen LogP contribution in [-0.4, -0.2) is 29.6 Å². The van der Waals surface area contributed by atoms with Gasteiger partial charge in [-0.1, -0.05) is 11.6 Å². The van der Waals surface area contributed by atoms with Crippen LogP contribution >= 0.6 is 11.6 Å². The number of H-pyrrole nitrogens is 1. The maximum Gasteiger partial charge on any atom is 0.175 e. The number of nitrogens with zero attached hydrogens (tertiary/aromatic N) is 2. The van der Waals surface area contributed by atoms with Crippen LogP contribution in [0.4, 0.5) is 0 Å². The lowest BCUT2D eigenvalue weighted by Gasteiger charge is -2.00. The number of rotatable bonds is 2. The van der Waals surface area contributed by atoms with Crippen molar-refractivity contribution in [2.24, 2.45) is 0 Å². The number of sulfone groups is 1. The number of fused-ring (bicyclic) bond motifs is 1. The third kappa shape index (κ3) is 2.64. The summed E-state index contributed by atoms with van der Waals surface area (Å²) >= 11 is 6.20. The fourth-order valence-corrected chi connectivity index (χ4v) is 2.99. The topological polar surface area (TPSA) is 75.7 Å². The van der Waals surface area contributed by atoms with Crippen molar-refractivity contribution < 1.29 is 8.42 Å². The summed E-state index contributed by atoms with van der Waals surface area (Å²) in [4.78, 5) is 12.0. The molecule has 0 fully saturated rings. The van der Waals surface area contributed by atoms with Gasteiger partial charge in [-0.15, -0.1) is 0 Å². The molecule has 0 spiro atoms. The van der Waals surface area contributed by atoms with Crippen molar-refractivity contribution in [1.82, 2.24) is 15.0 Å². The maximum absolute atomic E-state index is 11.6. The van der Waals surface area contributed by atoms with Gasteiger partial charge < -0.3 is 4.98 Å². The molecule has 2 heterocycles. The van der Waals surface area contributed by atoms with Gasteiger partial charge in [0.25, 0.3) is 0 Å². The van der Waals surface area contributed by atoms with Crippen LogP contribution < -0.4 is 0 Å². The third-order valence-corrected chi connectivity index (χ3v) is 4.55. The molecule has 3 aromatic rings. The Labute approximate surface area is 126 Å². The van der Waals surface area contributed by atoms with E-state index in [1.807, 2.05) is 6.92 Å². The highest BCUT2D eigenvalue weighted by atomic mass is 35.5. The molecule has 0 saturated heterocycles. The van der Waals surface area contributed by atoms with Crippen LogP contribution in [0.3, 0.4) is 0 Å². The number of aromatic amines is 1. The van der Waals surface area contributed by atoms with E-state index in [0.717, 1.165) is 5.69 Å². The molecule has 0 saturated carbocycles. The van der Waals surface area contributed by atoms with Gasteiger partial charge in [0.05, 0.1) is 26.5 Å². The number of hydrogen-bond acceptors (Lipinski definition) is 4. The maximum atomic E-state index is 11.6. The van der Waals surface area contributed by atoms with Gasteiger partial charge in [0.2, 0.25) is 0 Å². The fourth-order valence-electron chi connectivity index (χ4n) is 2.05. The van der Waals surface area contributed by atoms with Gasteiger partial charge in [-0.05, 0) is 31.2 Å². The molecule has 0 aliphatic rings. The third-order valence-electron chi connectivity index (χ3n) is 3.13. The van der Waals surface area contributed by atoms with Crippen LogP contribution in [0.25, 0.3) is 22.4 Å². The van der Waals surface area contributed by atoms with Crippen LogP contribution in [0.5, 0.6) is 0 Å². The van der Waals surface area contributed by atoms with Crippen molar-refractivity contribution in [3.63, 3.8) is 0 Å². The van der Waals surface area contributed by atoms with E-state index in [4.69, 9.17) is 11.6 Å². The van der Waals surface area contributed by atoms with Gasteiger partial charge in [-0.25, -0.2) is 13.4 Å². The number of hydrogen-bond donors (Lipinski definition) is 1. The summed E-state index contributed by atoms with van der Waals surface area (Å²) in [5.74, 6) is 0.563. The van der Waals surface area contributed by atoms with Gasteiger partial charge in [0.15, 0.2) is 9.84 Å². The molecule has 0 aliphatic carbocycles. The Morgan fingerprint density at radius 3 is 2.67 bits per heavy atom. The predicted molar refractivity (Wildman–Crippen MR) is 82.2 cm³/mol. The number of halogens is 1. The van der Waals surface area contributed by atoms with Gasteiger partial charge in [0, 0.05) is 18.1 Å². The Balaban J connectivity index is 2.17. The highest BCUT2D eigenvalue weighted by Gasteiger charge is 2.13. The van der Waals surface area contributed by atoms with E-state index >= 15 is 0 Å². The summed E-state index contributed by atoms with van der Waals surface area (Å²) in [6.07, 6.45) is 2.82. The molecule has 0 bridgehead atoms. The molecule has 1 N–H and O–H groups in total. The van der Waals surface area contributed by atoms with Gasteiger partial charge >= 0.3 is 0 Å². The Bertz CT molecular complexity index is 948. The zero-order valence-electron chi connectivity index (χ0n) is 11.4. The largest absolute Gasteiger partial charge is 0.338 e. The molecule has 1 aromatic carbocycles. The molecule has 0 amide bonds. The van der Waals surface area contributed by atoms with E-state index in [9.17, 15) is 8.42 Å². The molecular weight excluding hydrogens is 310 g/mol. The molecule has 0 aliphatic heterocycles. The normalized spacial score (nSPS) is 12.0. The number of aryl methyl sites for hydroxylation is 1. The summed E-state index contributed by atoms with van der Waals surface area (Å²) in [6.45, 7) is 1.85. The van der Waals surface area contributed by atoms with Crippen LogP contribution in [0.2, 0.25) is 5.02 Å².